The van der Waals surface area contributed by atoms with Crippen LogP contribution in [0.1, 0.15) is 0 Å². The maximum Gasteiger partial charge on any atom is 0.0541 e. The van der Waals surface area contributed by atoms with Gasteiger partial charge in [0.25, 0.3) is 0 Å². The molecule has 0 aliphatic heterocycles. The van der Waals surface area contributed by atoms with E-state index in [1.54, 1.807) is 0 Å². The summed E-state index contributed by atoms with van der Waals surface area (Å²) in [6, 6.07) is 82.5. The van der Waals surface area contributed by atoms with Crippen molar-refractivity contribution in [1.29, 1.82) is 0 Å². The quantitative estimate of drug-likeness (QED) is 0.155. The molecule has 0 N–H and O–H groups in total. The molecular weight excluding hydrogens is 775 g/mol. The zero-order chi connectivity index (χ0) is 40.3. The second kappa shape index (κ2) is 14.8. The van der Waals surface area contributed by atoms with Crippen molar-refractivity contribution >= 4 is 90.9 Å². The molecule has 0 aliphatic carbocycles. The number of hydrogen-bond acceptors (Lipinski definition) is 3. The Bertz CT molecular complexity index is 3450. The number of nitrogens with zero attached hydrogens (tertiary/aromatic N) is 1. The van der Waals surface area contributed by atoms with E-state index >= 15 is 0 Å². The van der Waals surface area contributed by atoms with E-state index in [-0.39, 0.29) is 0 Å². The molecule has 61 heavy (non-hydrogen) atoms. The van der Waals surface area contributed by atoms with E-state index < -0.39 is 0 Å². The third-order valence-electron chi connectivity index (χ3n) is 12.1. The third-order valence-corrected chi connectivity index (χ3v) is 14.5. The minimum absolute atomic E-state index is 1.12. The molecule has 0 radical (unpaired) electrons. The van der Waals surface area contributed by atoms with Gasteiger partial charge in [0.2, 0.25) is 0 Å². The Labute approximate surface area is 362 Å². The highest BCUT2D eigenvalue weighted by molar-refractivity contribution is 7.26. The molecule has 286 valence electrons. The average Bonchev–Trinajstić information content (AvgIpc) is 3.91. The molecule has 0 amide bonds. The van der Waals surface area contributed by atoms with Crippen LogP contribution in [0.15, 0.2) is 224 Å². The van der Waals surface area contributed by atoms with Gasteiger partial charge in [0.1, 0.15) is 0 Å². The molecule has 2 heterocycles. The van der Waals surface area contributed by atoms with Gasteiger partial charge in [0, 0.05) is 68.2 Å². The zero-order valence-corrected chi connectivity index (χ0v) is 34.8. The summed E-state index contributed by atoms with van der Waals surface area (Å²) in [4.78, 5) is 2.54. The van der Waals surface area contributed by atoms with Crippen LogP contribution < -0.4 is 4.90 Å². The first-order valence-electron chi connectivity index (χ1n) is 20.8. The highest BCUT2D eigenvalue weighted by Gasteiger charge is 2.26. The lowest BCUT2D eigenvalue weighted by Gasteiger charge is -2.32. The molecule has 2 aromatic heterocycles. The van der Waals surface area contributed by atoms with E-state index in [1.165, 1.54) is 95.6 Å². The Morgan fingerprint density at radius 1 is 0.262 bits per heavy atom. The number of fused-ring (bicyclic) bond motifs is 7. The van der Waals surface area contributed by atoms with Gasteiger partial charge in [-0.3, -0.25) is 0 Å². The van der Waals surface area contributed by atoms with Gasteiger partial charge in [-0.2, -0.15) is 0 Å². The van der Waals surface area contributed by atoms with Crippen LogP contribution in [0.4, 0.5) is 17.1 Å². The fraction of sp³-hybridized carbons (Fsp3) is 0. The van der Waals surface area contributed by atoms with Crippen LogP contribution in [0, 0.1) is 0 Å². The van der Waals surface area contributed by atoms with Gasteiger partial charge >= 0.3 is 0 Å². The normalized spacial score (nSPS) is 11.6. The fourth-order valence-electron chi connectivity index (χ4n) is 9.42. The van der Waals surface area contributed by atoms with Crippen LogP contribution in [-0.4, -0.2) is 0 Å². The molecule has 10 aromatic carbocycles. The molecule has 1 nitrogen and oxygen atoms in total. The first-order chi connectivity index (χ1) is 30.3. The summed E-state index contributed by atoms with van der Waals surface area (Å²) in [5.74, 6) is 0. The Morgan fingerprint density at radius 2 is 0.639 bits per heavy atom. The molecule has 0 unspecified atom stereocenters. The number of benzene rings is 10. The van der Waals surface area contributed by atoms with Gasteiger partial charge in [0.15, 0.2) is 0 Å². The summed E-state index contributed by atoms with van der Waals surface area (Å²) in [7, 11) is 0. The number of para-hydroxylation sites is 3. The van der Waals surface area contributed by atoms with E-state index in [2.05, 4.69) is 229 Å². The second-order valence-corrected chi connectivity index (χ2v) is 17.6. The van der Waals surface area contributed by atoms with Crippen molar-refractivity contribution in [3.63, 3.8) is 0 Å². The Morgan fingerprint density at radius 3 is 1.18 bits per heavy atom. The smallest absolute Gasteiger partial charge is 0.0541 e. The predicted octanol–water partition coefficient (Wildman–Crippen LogP) is 17.7. The van der Waals surface area contributed by atoms with Gasteiger partial charge < -0.3 is 4.90 Å². The number of thiophene rings is 2. The van der Waals surface area contributed by atoms with E-state index in [9.17, 15) is 0 Å². The number of hydrogen-bond donors (Lipinski definition) is 0. The van der Waals surface area contributed by atoms with Crippen molar-refractivity contribution in [2.24, 2.45) is 0 Å². The minimum Gasteiger partial charge on any atom is -0.309 e. The summed E-state index contributed by atoms with van der Waals surface area (Å²) in [5.41, 5.74) is 13.0. The Kier molecular flexibility index (Phi) is 8.62. The summed E-state index contributed by atoms with van der Waals surface area (Å²) in [6.07, 6.45) is 0. The molecule has 0 saturated heterocycles. The number of rotatable bonds is 7. The molecule has 0 fully saturated rings. The molecule has 0 bridgehead atoms. The van der Waals surface area contributed by atoms with E-state index in [1.807, 2.05) is 22.7 Å². The van der Waals surface area contributed by atoms with Crippen LogP contribution >= 0.6 is 22.7 Å². The SMILES string of the molecule is c1ccc(-c2cccc3cccc(-c4ccccc4N(c4ccccc4-c4cccc5c4sc4ccccc45)c4ccccc4-c4cccc5c4sc4ccccc45)c23)cc1. The second-order valence-electron chi connectivity index (χ2n) is 15.5. The molecule has 0 spiro atoms. The summed E-state index contributed by atoms with van der Waals surface area (Å²) in [5, 5.41) is 7.65. The van der Waals surface area contributed by atoms with Crippen molar-refractivity contribution in [2.45, 2.75) is 0 Å². The number of anilines is 3. The maximum absolute atomic E-state index is 2.54. The van der Waals surface area contributed by atoms with Crippen LogP contribution in [0.2, 0.25) is 0 Å². The lowest BCUT2D eigenvalue weighted by Crippen LogP contribution is -2.13. The van der Waals surface area contributed by atoms with Gasteiger partial charge in [-0.05, 0) is 57.8 Å². The van der Waals surface area contributed by atoms with Crippen LogP contribution in [0.25, 0.3) is 95.6 Å². The van der Waals surface area contributed by atoms with Crippen LogP contribution in [0.3, 0.4) is 0 Å². The largest absolute Gasteiger partial charge is 0.309 e. The first-order valence-corrected chi connectivity index (χ1v) is 22.4. The lowest BCUT2D eigenvalue weighted by molar-refractivity contribution is 1.29. The molecule has 0 atom stereocenters. The standard InChI is InChI=1S/C58H37NS2/c1-2-18-38(19-3-1)40-27-14-20-39-21-15-28-46(56(39)40)41-22-4-9-33-51(41)59(52-34-10-5-23-42(52)47-29-16-31-49-44-25-7-12-36-54(44)60-57(47)49)53-35-11-6-24-43(53)48-30-17-32-50-45-26-8-13-37-55(45)61-58(48)50/h1-37H. The zero-order valence-electron chi connectivity index (χ0n) is 33.1. The fourth-order valence-corrected chi connectivity index (χ4v) is 11.9. The molecule has 3 heteroatoms. The maximum atomic E-state index is 2.54. The van der Waals surface area contributed by atoms with Crippen LogP contribution in [-0.2, 0) is 0 Å². The van der Waals surface area contributed by atoms with Gasteiger partial charge in [0.05, 0.1) is 17.1 Å². The topological polar surface area (TPSA) is 3.24 Å². The molecule has 12 aromatic rings. The first kappa shape index (κ1) is 35.6. The van der Waals surface area contributed by atoms with Crippen molar-refractivity contribution in [3.8, 4) is 44.5 Å². The van der Waals surface area contributed by atoms with Gasteiger partial charge in [-0.15, -0.1) is 22.7 Å². The molecule has 12 rings (SSSR count). The Hall–Kier alpha value is -7.30. The van der Waals surface area contributed by atoms with Crippen LogP contribution in [0.5, 0.6) is 0 Å². The summed E-state index contributed by atoms with van der Waals surface area (Å²) >= 11 is 3.76. The summed E-state index contributed by atoms with van der Waals surface area (Å²) < 4.78 is 5.21. The van der Waals surface area contributed by atoms with Gasteiger partial charge in [-0.25, -0.2) is 0 Å². The van der Waals surface area contributed by atoms with E-state index in [0.717, 1.165) is 17.1 Å². The van der Waals surface area contributed by atoms with Crippen molar-refractivity contribution in [1.82, 2.24) is 0 Å². The summed E-state index contributed by atoms with van der Waals surface area (Å²) in [6.45, 7) is 0. The van der Waals surface area contributed by atoms with E-state index in [4.69, 9.17) is 0 Å². The van der Waals surface area contributed by atoms with Crippen molar-refractivity contribution in [2.75, 3.05) is 4.90 Å². The van der Waals surface area contributed by atoms with E-state index in [0.29, 0.717) is 0 Å². The monoisotopic (exact) mass is 811 g/mol. The highest BCUT2D eigenvalue weighted by atomic mass is 32.1. The molecule has 0 aliphatic rings. The minimum atomic E-state index is 1.12. The Balaban J connectivity index is 1.17. The predicted molar refractivity (Wildman–Crippen MR) is 266 cm³/mol. The third kappa shape index (κ3) is 5.89. The highest BCUT2D eigenvalue weighted by Crippen LogP contribution is 2.52. The molecule has 0 saturated carbocycles. The average molecular weight is 812 g/mol. The molecular formula is C58H37NS2. The van der Waals surface area contributed by atoms with Crippen molar-refractivity contribution in [3.05, 3.63) is 224 Å². The lowest BCUT2D eigenvalue weighted by atomic mass is 9.90. The van der Waals surface area contributed by atoms with Crippen molar-refractivity contribution < 1.29 is 0 Å². The van der Waals surface area contributed by atoms with Gasteiger partial charge in [-0.1, -0.05) is 194 Å².